The van der Waals surface area contributed by atoms with Crippen LogP contribution in [0.1, 0.15) is 45.4 Å². The molecular weight excluding hydrogens is 230 g/mol. The van der Waals surface area contributed by atoms with E-state index in [0.717, 1.165) is 32.1 Å². The van der Waals surface area contributed by atoms with Crippen LogP contribution in [0.4, 0.5) is 0 Å². The van der Waals surface area contributed by atoms with Gasteiger partial charge >= 0.3 is 0 Å². The molecule has 2 aliphatic rings. The molecule has 1 amide bonds. The molecule has 0 aromatic carbocycles. The SMILES string of the molecule is CCCC1CCC(O)CC1N1CCOCCC1=O. The van der Waals surface area contributed by atoms with Crippen molar-refractivity contribution in [3.8, 4) is 0 Å². The van der Waals surface area contributed by atoms with Crippen molar-refractivity contribution < 1.29 is 14.6 Å². The Balaban J connectivity index is 2.07. The van der Waals surface area contributed by atoms with Gasteiger partial charge in [-0.1, -0.05) is 13.3 Å². The fourth-order valence-electron chi connectivity index (χ4n) is 3.32. The molecule has 4 heteroatoms. The highest BCUT2D eigenvalue weighted by molar-refractivity contribution is 5.76. The van der Waals surface area contributed by atoms with Crippen molar-refractivity contribution in [2.45, 2.75) is 57.6 Å². The number of hydrogen-bond donors (Lipinski definition) is 1. The van der Waals surface area contributed by atoms with Crippen LogP contribution in [0.2, 0.25) is 0 Å². The first-order valence-electron chi connectivity index (χ1n) is 7.27. The number of carbonyl (C=O) groups excluding carboxylic acids is 1. The van der Waals surface area contributed by atoms with E-state index in [0.29, 0.717) is 32.1 Å². The summed E-state index contributed by atoms with van der Waals surface area (Å²) < 4.78 is 5.38. The van der Waals surface area contributed by atoms with Crippen LogP contribution in [0.5, 0.6) is 0 Å². The minimum atomic E-state index is -0.236. The topological polar surface area (TPSA) is 49.8 Å². The average Bonchev–Trinajstić information content (AvgIpc) is 2.56. The van der Waals surface area contributed by atoms with Crippen molar-refractivity contribution >= 4 is 5.91 Å². The summed E-state index contributed by atoms with van der Waals surface area (Å²) >= 11 is 0. The van der Waals surface area contributed by atoms with E-state index in [1.807, 2.05) is 4.90 Å². The third kappa shape index (κ3) is 3.23. The Morgan fingerprint density at radius 1 is 1.39 bits per heavy atom. The van der Waals surface area contributed by atoms with E-state index in [1.165, 1.54) is 0 Å². The Hall–Kier alpha value is -0.610. The van der Waals surface area contributed by atoms with Gasteiger partial charge in [0.2, 0.25) is 5.91 Å². The van der Waals surface area contributed by atoms with E-state index in [9.17, 15) is 9.90 Å². The lowest BCUT2D eigenvalue weighted by Gasteiger charge is -2.41. The molecule has 2 rings (SSSR count). The summed E-state index contributed by atoms with van der Waals surface area (Å²) in [4.78, 5) is 14.1. The molecule has 0 aromatic rings. The highest BCUT2D eigenvalue weighted by atomic mass is 16.5. The van der Waals surface area contributed by atoms with E-state index in [1.54, 1.807) is 0 Å². The maximum atomic E-state index is 12.1. The number of ether oxygens (including phenoxy) is 1. The molecule has 4 nitrogen and oxygen atoms in total. The minimum Gasteiger partial charge on any atom is -0.393 e. The summed E-state index contributed by atoms with van der Waals surface area (Å²) in [5.41, 5.74) is 0. The van der Waals surface area contributed by atoms with Gasteiger partial charge in [-0.2, -0.15) is 0 Å². The first kappa shape index (κ1) is 13.8. The standard InChI is InChI=1S/C14H25NO3/c1-2-3-11-4-5-12(16)10-13(11)15-7-9-18-8-6-14(15)17/h11-13,16H,2-10H2,1H3. The maximum absolute atomic E-state index is 12.1. The Kier molecular flexibility index (Phi) is 5.01. The zero-order valence-corrected chi connectivity index (χ0v) is 11.3. The fourth-order valence-corrected chi connectivity index (χ4v) is 3.32. The van der Waals surface area contributed by atoms with Crippen LogP contribution in [0.25, 0.3) is 0 Å². The molecule has 0 bridgehead atoms. The zero-order chi connectivity index (χ0) is 13.0. The molecule has 1 aliphatic heterocycles. The van der Waals surface area contributed by atoms with Gasteiger partial charge in [0, 0.05) is 12.6 Å². The van der Waals surface area contributed by atoms with E-state index in [2.05, 4.69) is 6.92 Å². The molecule has 1 N–H and O–H groups in total. The zero-order valence-electron chi connectivity index (χ0n) is 11.3. The van der Waals surface area contributed by atoms with Crippen molar-refractivity contribution in [3.05, 3.63) is 0 Å². The van der Waals surface area contributed by atoms with Gasteiger partial charge in [-0.25, -0.2) is 0 Å². The van der Waals surface area contributed by atoms with Crippen LogP contribution in [0.3, 0.4) is 0 Å². The molecule has 1 heterocycles. The molecule has 0 radical (unpaired) electrons. The van der Waals surface area contributed by atoms with Gasteiger partial charge in [0.05, 0.1) is 25.7 Å². The molecule has 0 aromatic heterocycles. The van der Waals surface area contributed by atoms with Crippen LogP contribution in [0.15, 0.2) is 0 Å². The van der Waals surface area contributed by atoms with Crippen LogP contribution >= 0.6 is 0 Å². The number of amides is 1. The van der Waals surface area contributed by atoms with Gasteiger partial charge < -0.3 is 14.7 Å². The monoisotopic (exact) mass is 255 g/mol. The second-order valence-corrected chi connectivity index (χ2v) is 5.53. The first-order chi connectivity index (χ1) is 8.72. The number of carbonyl (C=O) groups is 1. The molecule has 1 saturated heterocycles. The second kappa shape index (κ2) is 6.53. The van der Waals surface area contributed by atoms with Gasteiger partial charge in [0.15, 0.2) is 0 Å². The molecule has 1 saturated carbocycles. The smallest absolute Gasteiger partial charge is 0.225 e. The highest BCUT2D eigenvalue weighted by Gasteiger charge is 2.35. The number of hydrogen-bond acceptors (Lipinski definition) is 3. The summed E-state index contributed by atoms with van der Waals surface area (Å²) in [6.07, 6.45) is 5.24. The van der Waals surface area contributed by atoms with Crippen LogP contribution in [0, 0.1) is 5.92 Å². The van der Waals surface area contributed by atoms with Gasteiger partial charge in [0.25, 0.3) is 0 Å². The summed E-state index contributed by atoms with van der Waals surface area (Å²) in [5.74, 6) is 0.758. The van der Waals surface area contributed by atoms with E-state index >= 15 is 0 Å². The molecule has 18 heavy (non-hydrogen) atoms. The number of rotatable bonds is 3. The summed E-state index contributed by atoms with van der Waals surface area (Å²) in [6.45, 7) is 4.06. The van der Waals surface area contributed by atoms with Gasteiger partial charge in [0.1, 0.15) is 0 Å². The molecule has 0 spiro atoms. The van der Waals surface area contributed by atoms with Crippen molar-refractivity contribution in [2.75, 3.05) is 19.8 Å². The van der Waals surface area contributed by atoms with Crippen LogP contribution < -0.4 is 0 Å². The summed E-state index contributed by atoms with van der Waals surface area (Å²) in [6, 6.07) is 0.225. The predicted octanol–water partition coefficient (Wildman–Crippen LogP) is 1.56. The molecular formula is C14H25NO3. The number of nitrogens with zero attached hydrogens (tertiary/aromatic N) is 1. The van der Waals surface area contributed by atoms with Crippen molar-refractivity contribution in [2.24, 2.45) is 5.92 Å². The quantitative estimate of drug-likeness (QED) is 0.832. The van der Waals surface area contributed by atoms with Gasteiger partial charge in [-0.05, 0) is 31.6 Å². The second-order valence-electron chi connectivity index (χ2n) is 5.53. The first-order valence-corrected chi connectivity index (χ1v) is 7.27. The van der Waals surface area contributed by atoms with Crippen LogP contribution in [-0.2, 0) is 9.53 Å². The Bertz CT molecular complexity index is 282. The molecule has 3 atom stereocenters. The minimum absolute atomic E-state index is 0.202. The fraction of sp³-hybridized carbons (Fsp3) is 0.929. The number of aliphatic hydroxyl groups excluding tert-OH is 1. The normalized spacial score (nSPS) is 34.4. The van der Waals surface area contributed by atoms with E-state index in [4.69, 9.17) is 4.74 Å². The predicted molar refractivity (Wildman–Crippen MR) is 69.2 cm³/mol. The van der Waals surface area contributed by atoms with Gasteiger partial charge in [-0.3, -0.25) is 4.79 Å². The lowest BCUT2D eigenvalue weighted by atomic mass is 9.79. The molecule has 104 valence electrons. The lowest BCUT2D eigenvalue weighted by molar-refractivity contribution is -0.135. The third-order valence-corrected chi connectivity index (χ3v) is 4.25. The van der Waals surface area contributed by atoms with Crippen molar-refractivity contribution in [1.82, 2.24) is 4.90 Å². The van der Waals surface area contributed by atoms with E-state index in [-0.39, 0.29) is 18.1 Å². The molecule has 1 aliphatic carbocycles. The average molecular weight is 255 g/mol. The highest BCUT2D eigenvalue weighted by Crippen LogP contribution is 2.32. The Morgan fingerprint density at radius 3 is 3.00 bits per heavy atom. The Labute approximate surface area is 109 Å². The summed E-state index contributed by atoms with van der Waals surface area (Å²) in [7, 11) is 0. The van der Waals surface area contributed by atoms with Gasteiger partial charge in [-0.15, -0.1) is 0 Å². The largest absolute Gasteiger partial charge is 0.393 e. The van der Waals surface area contributed by atoms with Crippen molar-refractivity contribution in [3.63, 3.8) is 0 Å². The Morgan fingerprint density at radius 2 is 2.22 bits per heavy atom. The maximum Gasteiger partial charge on any atom is 0.225 e. The lowest BCUT2D eigenvalue weighted by Crippen LogP contribution is -2.49. The molecule has 3 unspecified atom stereocenters. The van der Waals surface area contributed by atoms with Crippen molar-refractivity contribution in [1.29, 1.82) is 0 Å². The molecule has 2 fully saturated rings. The third-order valence-electron chi connectivity index (χ3n) is 4.25. The van der Waals surface area contributed by atoms with E-state index < -0.39 is 0 Å². The van der Waals surface area contributed by atoms with Crippen LogP contribution in [-0.4, -0.2) is 47.8 Å². The number of aliphatic hydroxyl groups is 1. The summed E-state index contributed by atoms with van der Waals surface area (Å²) in [5, 5.41) is 9.88.